The van der Waals surface area contributed by atoms with Crippen LogP contribution in [0.3, 0.4) is 0 Å². The Balaban J connectivity index is 1.67. The van der Waals surface area contributed by atoms with E-state index in [1.54, 1.807) is 12.1 Å². The van der Waals surface area contributed by atoms with Crippen LogP contribution >= 0.6 is 39.1 Å². The van der Waals surface area contributed by atoms with Crippen molar-refractivity contribution in [2.45, 2.75) is 26.4 Å². The van der Waals surface area contributed by atoms with E-state index in [1.165, 1.54) is 0 Å². The molecule has 0 aliphatic carbocycles. The normalized spacial score (nSPS) is 11.2. The molecule has 29 heavy (non-hydrogen) atoms. The molecule has 0 unspecified atom stereocenters. The fourth-order valence-electron chi connectivity index (χ4n) is 3.28. The first-order valence-corrected chi connectivity index (χ1v) is 10.9. The van der Waals surface area contributed by atoms with Gasteiger partial charge in [0.15, 0.2) is 0 Å². The lowest BCUT2D eigenvalue weighted by Gasteiger charge is -2.10. The highest BCUT2D eigenvalue weighted by molar-refractivity contribution is 9.10. The van der Waals surface area contributed by atoms with Gasteiger partial charge in [-0.05, 0) is 53.6 Å². The first kappa shape index (κ1) is 20.3. The van der Waals surface area contributed by atoms with E-state index in [9.17, 15) is 0 Å². The van der Waals surface area contributed by atoms with Crippen molar-refractivity contribution >= 4 is 49.9 Å². The molecule has 1 heterocycles. The molecule has 0 spiro atoms. The lowest BCUT2D eigenvalue weighted by atomic mass is 10.0. The molecule has 4 aromatic rings. The Morgan fingerprint density at radius 3 is 2.48 bits per heavy atom. The van der Waals surface area contributed by atoms with Gasteiger partial charge in [0.2, 0.25) is 0 Å². The molecule has 0 aliphatic rings. The molecule has 3 nitrogen and oxygen atoms in total. The molecule has 0 fully saturated rings. The molecule has 6 heteroatoms. The number of aromatic nitrogens is 1. The van der Waals surface area contributed by atoms with E-state index in [0.29, 0.717) is 27.9 Å². The SMILES string of the molecule is CCCc1onc(-c2c(Cl)cccc2Cl)c1COc1ccc2cc(Br)ccc2c1. The van der Waals surface area contributed by atoms with E-state index in [2.05, 4.69) is 40.1 Å². The van der Waals surface area contributed by atoms with Crippen LogP contribution < -0.4 is 4.74 Å². The monoisotopic (exact) mass is 489 g/mol. The third-order valence-electron chi connectivity index (χ3n) is 4.70. The van der Waals surface area contributed by atoms with Crippen LogP contribution in [0.25, 0.3) is 22.0 Å². The van der Waals surface area contributed by atoms with Crippen molar-refractivity contribution in [2.24, 2.45) is 0 Å². The summed E-state index contributed by atoms with van der Waals surface area (Å²) >= 11 is 16.3. The first-order valence-electron chi connectivity index (χ1n) is 9.30. The highest BCUT2D eigenvalue weighted by Crippen LogP contribution is 2.37. The number of aryl methyl sites for hydroxylation is 1. The quantitative estimate of drug-likeness (QED) is 0.274. The Hall–Kier alpha value is -2.01. The molecular formula is C23H18BrCl2NO2. The molecule has 0 radical (unpaired) electrons. The molecule has 0 aliphatic heterocycles. The largest absolute Gasteiger partial charge is 0.489 e. The fourth-order valence-corrected chi connectivity index (χ4v) is 4.23. The zero-order valence-corrected chi connectivity index (χ0v) is 18.8. The molecule has 0 atom stereocenters. The summed E-state index contributed by atoms with van der Waals surface area (Å²) in [5.41, 5.74) is 2.18. The predicted octanol–water partition coefficient (Wildman–Crippen LogP) is 8.10. The number of halogens is 3. The zero-order valence-electron chi connectivity index (χ0n) is 15.7. The molecule has 0 amide bonds. The van der Waals surface area contributed by atoms with Gasteiger partial charge in [0.05, 0.1) is 15.6 Å². The minimum absolute atomic E-state index is 0.317. The van der Waals surface area contributed by atoms with Crippen LogP contribution in [0.5, 0.6) is 5.75 Å². The average molecular weight is 491 g/mol. The molecule has 1 aromatic heterocycles. The number of benzene rings is 3. The molecule has 0 N–H and O–H groups in total. The van der Waals surface area contributed by atoms with E-state index in [1.807, 2.05) is 30.3 Å². The van der Waals surface area contributed by atoms with Crippen LogP contribution in [-0.2, 0) is 13.0 Å². The third kappa shape index (κ3) is 4.30. The van der Waals surface area contributed by atoms with Gasteiger partial charge in [-0.1, -0.05) is 69.4 Å². The summed E-state index contributed by atoms with van der Waals surface area (Å²) in [6.45, 7) is 2.41. The van der Waals surface area contributed by atoms with Crippen molar-refractivity contribution in [3.63, 3.8) is 0 Å². The van der Waals surface area contributed by atoms with Gasteiger partial charge in [0.1, 0.15) is 23.8 Å². The smallest absolute Gasteiger partial charge is 0.143 e. The highest BCUT2D eigenvalue weighted by Gasteiger charge is 2.21. The average Bonchev–Trinajstić information content (AvgIpc) is 3.09. The second-order valence-corrected chi connectivity index (χ2v) is 8.45. The number of hydrogen-bond acceptors (Lipinski definition) is 3. The van der Waals surface area contributed by atoms with Crippen molar-refractivity contribution in [1.82, 2.24) is 5.16 Å². The second-order valence-electron chi connectivity index (χ2n) is 6.72. The maximum Gasteiger partial charge on any atom is 0.143 e. The number of ether oxygens (including phenoxy) is 1. The van der Waals surface area contributed by atoms with Crippen LogP contribution in [0.15, 0.2) is 63.6 Å². The van der Waals surface area contributed by atoms with Crippen molar-refractivity contribution < 1.29 is 9.26 Å². The second kappa shape index (κ2) is 8.78. The summed E-state index contributed by atoms with van der Waals surface area (Å²) in [6.07, 6.45) is 1.70. The van der Waals surface area contributed by atoms with Crippen molar-refractivity contribution in [3.8, 4) is 17.0 Å². The van der Waals surface area contributed by atoms with Crippen molar-refractivity contribution in [3.05, 3.63) is 80.4 Å². The van der Waals surface area contributed by atoms with E-state index in [-0.39, 0.29) is 0 Å². The summed E-state index contributed by atoms with van der Waals surface area (Å²) in [5, 5.41) is 7.59. The lowest BCUT2D eigenvalue weighted by Crippen LogP contribution is -2.00. The van der Waals surface area contributed by atoms with Crippen LogP contribution in [0.2, 0.25) is 10.0 Å². The third-order valence-corrected chi connectivity index (χ3v) is 5.83. The van der Waals surface area contributed by atoms with Gasteiger partial charge >= 0.3 is 0 Å². The Morgan fingerprint density at radius 1 is 1.00 bits per heavy atom. The minimum atomic E-state index is 0.317. The van der Waals surface area contributed by atoms with Gasteiger partial charge in [0.25, 0.3) is 0 Å². The number of fused-ring (bicyclic) bond motifs is 1. The zero-order chi connectivity index (χ0) is 20.4. The number of hydrogen-bond donors (Lipinski definition) is 0. The van der Waals surface area contributed by atoms with E-state index in [4.69, 9.17) is 32.5 Å². The Labute approximate surface area is 187 Å². The summed E-state index contributed by atoms with van der Waals surface area (Å²) < 4.78 is 12.8. The number of nitrogens with zero attached hydrogens (tertiary/aromatic N) is 1. The van der Waals surface area contributed by atoms with Gasteiger partial charge < -0.3 is 9.26 Å². The molecule has 148 valence electrons. The Kier molecular flexibility index (Phi) is 6.14. The van der Waals surface area contributed by atoms with E-state index in [0.717, 1.165) is 45.2 Å². The molecule has 4 rings (SSSR count). The summed E-state index contributed by atoms with van der Waals surface area (Å²) in [6, 6.07) is 17.6. The lowest BCUT2D eigenvalue weighted by molar-refractivity contribution is 0.300. The maximum absolute atomic E-state index is 6.41. The van der Waals surface area contributed by atoms with Gasteiger partial charge in [-0.3, -0.25) is 0 Å². The van der Waals surface area contributed by atoms with Gasteiger partial charge in [0, 0.05) is 16.5 Å². The van der Waals surface area contributed by atoms with E-state index >= 15 is 0 Å². The van der Waals surface area contributed by atoms with Crippen LogP contribution in [0.4, 0.5) is 0 Å². The van der Waals surface area contributed by atoms with E-state index < -0.39 is 0 Å². The molecule has 0 saturated carbocycles. The topological polar surface area (TPSA) is 35.3 Å². The van der Waals surface area contributed by atoms with Crippen molar-refractivity contribution in [2.75, 3.05) is 0 Å². The standard InChI is InChI=1S/C23H18BrCl2NO2/c1-2-4-21-18(23(27-29-21)22-19(25)5-3-6-20(22)26)13-28-17-10-8-14-11-16(24)9-7-15(14)12-17/h3,5-12H,2,4,13H2,1H3. The van der Waals surface area contributed by atoms with Crippen molar-refractivity contribution in [1.29, 1.82) is 0 Å². The molecule has 0 bridgehead atoms. The molecular weight excluding hydrogens is 473 g/mol. The molecule has 3 aromatic carbocycles. The predicted molar refractivity (Wildman–Crippen MR) is 122 cm³/mol. The van der Waals surface area contributed by atoms with Gasteiger partial charge in [-0.15, -0.1) is 0 Å². The van der Waals surface area contributed by atoms with Gasteiger partial charge in [-0.2, -0.15) is 0 Å². The van der Waals surface area contributed by atoms with Crippen LogP contribution in [0.1, 0.15) is 24.7 Å². The van der Waals surface area contributed by atoms with Crippen LogP contribution in [-0.4, -0.2) is 5.16 Å². The number of rotatable bonds is 6. The van der Waals surface area contributed by atoms with Gasteiger partial charge in [-0.25, -0.2) is 0 Å². The Bertz CT molecular complexity index is 1150. The first-order chi connectivity index (χ1) is 14.1. The molecule has 0 saturated heterocycles. The minimum Gasteiger partial charge on any atom is -0.489 e. The summed E-state index contributed by atoms with van der Waals surface area (Å²) in [4.78, 5) is 0. The highest BCUT2D eigenvalue weighted by atomic mass is 79.9. The Morgan fingerprint density at radius 2 is 1.72 bits per heavy atom. The summed E-state index contributed by atoms with van der Waals surface area (Å²) in [7, 11) is 0. The fraction of sp³-hybridized carbons (Fsp3) is 0.174. The summed E-state index contributed by atoms with van der Waals surface area (Å²) in [5.74, 6) is 1.57. The van der Waals surface area contributed by atoms with Crippen LogP contribution in [0, 0.1) is 0 Å². The maximum atomic E-state index is 6.41.